The van der Waals surface area contributed by atoms with Crippen LogP contribution >= 0.6 is 11.3 Å². The Morgan fingerprint density at radius 1 is 1.03 bits per heavy atom. The Balaban J connectivity index is 1.27. The van der Waals surface area contributed by atoms with Crippen LogP contribution < -0.4 is 10.1 Å². The average molecular weight is 488 g/mol. The summed E-state index contributed by atoms with van der Waals surface area (Å²) in [4.78, 5) is 17.7. The van der Waals surface area contributed by atoms with Crippen molar-refractivity contribution in [2.24, 2.45) is 0 Å². The smallest absolute Gasteiger partial charge is 0.261 e. The third-order valence-electron chi connectivity index (χ3n) is 5.96. The van der Waals surface area contributed by atoms with E-state index >= 15 is 0 Å². The van der Waals surface area contributed by atoms with E-state index < -0.39 is 0 Å². The van der Waals surface area contributed by atoms with Crippen LogP contribution in [0.5, 0.6) is 5.75 Å². The lowest BCUT2D eigenvalue weighted by atomic mass is 10.1. The number of allylic oxidation sites excluding steroid dienone is 1. The Hall–Kier alpha value is -3.38. The number of fused-ring (bicyclic) bond motifs is 1. The van der Waals surface area contributed by atoms with Gasteiger partial charge < -0.3 is 14.6 Å². The van der Waals surface area contributed by atoms with E-state index in [1.54, 1.807) is 0 Å². The molecule has 0 saturated heterocycles. The Bertz CT molecular complexity index is 1230. The molecule has 0 aliphatic carbocycles. The summed E-state index contributed by atoms with van der Waals surface area (Å²) in [5, 5.41) is 4.93. The van der Waals surface area contributed by atoms with E-state index in [1.165, 1.54) is 22.4 Å². The number of para-hydroxylation sites is 3. The van der Waals surface area contributed by atoms with Crippen molar-refractivity contribution in [1.29, 1.82) is 0 Å². The lowest BCUT2D eigenvalue weighted by Gasteiger charge is -2.12. The van der Waals surface area contributed by atoms with E-state index in [2.05, 4.69) is 40.7 Å². The highest BCUT2D eigenvalue weighted by Gasteiger charge is 2.11. The number of rotatable bonds is 14. The Morgan fingerprint density at radius 2 is 1.89 bits per heavy atom. The van der Waals surface area contributed by atoms with Gasteiger partial charge in [-0.15, -0.1) is 17.9 Å². The van der Waals surface area contributed by atoms with Crippen LogP contribution in [-0.2, 0) is 19.4 Å². The highest BCUT2D eigenvalue weighted by molar-refractivity contribution is 7.12. The van der Waals surface area contributed by atoms with E-state index in [-0.39, 0.29) is 5.91 Å². The molecule has 4 aromatic rings. The van der Waals surface area contributed by atoms with E-state index in [0.29, 0.717) is 13.2 Å². The van der Waals surface area contributed by atoms with Crippen LogP contribution in [0.25, 0.3) is 11.0 Å². The SMILES string of the molecule is C=CCc1ccccc1OCCCn1c(CCCCCNC(=O)c2cccs2)nc2ccccc21. The van der Waals surface area contributed by atoms with Crippen LogP contribution in [0.3, 0.4) is 0 Å². The summed E-state index contributed by atoms with van der Waals surface area (Å²) in [6.07, 6.45) is 7.62. The molecule has 0 unspecified atom stereocenters. The first kappa shape index (κ1) is 24.7. The second-order valence-electron chi connectivity index (χ2n) is 8.51. The van der Waals surface area contributed by atoms with Crippen molar-refractivity contribution in [3.8, 4) is 5.75 Å². The lowest BCUT2D eigenvalue weighted by molar-refractivity contribution is 0.0957. The Labute approximate surface area is 211 Å². The number of nitrogens with zero attached hydrogens (tertiary/aromatic N) is 2. The maximum Gasteiger partial charge on any atom is 0.261 e. The van der Waals surface area contributed by atoms with E-state index in [0.717, 1.165) is 67.0 Å². The predicted molar refractivity (Wildman–Crippen MR) is 144 cm³/mol. The summed E-state index contributed by atoms with van der Waals surface area (Å²) >= 11 is 1.47. The molecule has 2 aromatic heterocycles. The van der Waals surface area contributed by atoms with Gasteiger partial charge in [-0.05, 0) is 60.9 Å². The van der Waals surface area contributed by atoms with Gasteiger partial charge in [0.05, 0.1) is 22.5 Å². The quantitative estimate of drug-likeness (QED) is 0.165. The highest BCUT2D eigenvalue weighted by atomic mass is 32.1. The standard InChI is InChI=1S/C29H33N3O2S/c1-2-12-23-13-5-8-16-26(23)34-21-11-20-32-25-15-7-6-14-24(25)31-28(32)18-4-3-9-19-30-29(33)27-17-10-22-35-27/h2,5-8,10,13-17,22H,1,3-4,9,11-12,18-21H2,(H,30,33). The first-order chi connectivity index (χ1) is 17.3. The minimum Gasteiger partial charge on any atom is -0.493 e. The molecule has 1 N–H and O–H groups in total. The summed E-state index contributed by atoms with van der Waals surface area (Å²) in [5.74, 6) is 2.09. The summed E-state index contributed by atoms with van der Waals surface area (Å²) in [7, 11) is 0. The summed E-state index contributed by atoms with van der Waals surface area (Å²) in [6.45, 7) is 6.08. The van der Waals surface area contributed by atoms with Gasteiger partial charge in [0.25, 0.3) is 5.91 Å². The maximum absolute atomic E-state index is 12.0. The van der Waals surface area contributed by atoms with Gasteiger partial charge in [-0.1, -0.05) is 48.9 Å². The van der Waals surface area contributed by atoms with Gasteiger partial charge in [-0.2, -0.15) is 0 Å². The lowest BCUT2D eigenvalue weighted by Crippen LogP contribution is -2.23. The van der Waals surface area contributed by atoms with Gasteiger partial charge in [0.2, 0.25) is 0 Å². The number of hydrogen-bond donors (Lipinski definition) is 1. The van der Waals surface area contributed by atoms with E-state index in [9.17, 15) is 4.79 Å². The molecule has 1 amide bonds. The van der Waals surface area contributed by atoms with Gasteiger partial charge in [0.1, 0.15) is 11.6 Å². The number of thiophene rings is 1. The first-order valence-electron chi connectivity index (χ1n) is 12.3. The number of ether oxygens (including phenoxy) is 1. The van der Waals surface area contributed by atoms with Gasteiger partial charge in [0, 0.05) is 19.5 Å². The fourth-order valence-electron chi connectivity index (χ4n) is 4.22. The first-order valence-corrected chi connectivity index (χ1v) is 13.2. The molecule has 6 heteroatoms. The van der Waals surface area contributed by atoms with Crippen molar-refractivity contribution < 1.29 is 9.53 Å². The molecule has 0 aliphatic heterocycles. The molecule has 0 saturated carbocycles. The van der Waals surface area contributed by atoms with Crippen LogP contribution in [0.4, 0.5) is 0 Å². The molecule has 0 fully saturated rings. The second-order valence-corrected chi connectivity index (χ2v) is 9.46. The summed E-state index contributed by atoms with van der Waals surface area (Å²) < 4.78 is 8.44. The fourth-order valence-corrected chi connectivity index (χ4v) is 4.86. The van der Waals surface area contributed by atoms with Gasteiger partial charge in [0.15, 0.2) is 0 Å². The number of nitrogens with one attached hydrogen (secondary N) is 1. The van der Waals surface area contributed by atoms with Crippen molar-refractivity contribution in [2.45, 2.75) is 45.1 Å². The van der Waals surface area contributed by atoms with E-state index in [4.69, 9.17) is 9.72 Å². The third-order valence-corrected chi connectivity index (χ3v) is 6.83. The van der Waals surface area contributed by atoms with Crippen molar-refractivity contribution in [1.82, 2.24) is 14.9 Å². The van der Waals surface area contributed by atoms with E-state index in [1.807, 2.05) is 47.9 Å². The molecule has 0 aliphatic rings. The topological polar surface area (TPSA) is 56.1 Å². The Morgan fingerprint density at radius 3 is 2.74 bits per heavy atom. The fraction of sp³-hybridized carbons (Fsp3) is 0.310. The number of imidazole rings is 1. The Kier molecular flexibility index (Phi) is 9.12. The number of unbranched alkanes of at least 4 members (excludes halogenated alkanes) is 2. The van der Waals surface area contributed by atoms with Crippen LogP contribution in [0, 0.1) is 0 Å². The monoisotopic (exact) mass is 487 g/mol. The van der Waals surface area contributed by atoms with Crippen molar-refractivity contribution in [3.63, 3.8) is 0 Å². The normalized spacial score (nSPS) is 11.0. The second kappa shape index (κ2) is 12.9. The maximum atomic E-state index is 12.0. The molecule has 35 heavy (non-hydrogen) atoms. The van der Waals surface area contributed by atoms with Gasteiger partial charge in [-0.3, -0.25) is 4.79 Å². The van der Waals surface area contributed by atoms with Crippen molar-refractivity contribution >= 4 is 28.3 Å². The number of amides is 1. The zero-order valence-corrected chi connectivity index (χ0v) is 20.9. The highest BCUT2D eigenvalue weighted by Crippen LogP contribution is 2.21. The molecular weight excluding hydrogens is 454 g/mol. The van der Waals surface area contributed by atoms with Crippen LogP contribution in [0.2, 0.25) is 0 Å². The minimum atomic E-state index is 0.0242. The zero-order chi connectivity index (χ0) is 24.3. The number of carbonyl (C=O) groups is 1. The predicted octanol–water partition coefficient (Wildman–Crippen LogP) is 6.44. The molecule has 2 aromatic carbocycles. The van der Waals surface area contributed by atoms with Crippen LogP contribution in [0.15, 0.2) is 78.7 Å². The van der Waals surface area contributed by atoms with Gasteiger partial charge in [-0.25, -0.2) is 4.98 Å². The van der Waals surface area contributed by atoms with Gasteiger partial charge >= 0.3 is 0 Å². The number of aryl methyl sites for hydroxylation is 2. The van der Waals surface area contributed by atoms with Crippen LogP contribution in [0.1, 0.15) is 46.7 Å². The molecule has 0 radical (unpaired) electrons. The largest absolute Gasteiger partial charge is 0.493 e. The summed E-state index contributed by atoms with van der Waals surface area (Å²) in [6, 6.07) is 20.3. The number of carbonyl (C=O) groups excluding carboxylic acids is 1. The molecule has 0 spiro atoms. The average Bonchev–Trinajstić information content (AvgIpc) is 3.53. The third kappa shape index (κ3) is 6.83. The number of benzene rings is 2. The molecule has 182 valence electrons. The molecular formula is C29H33N3O2S. The molecule has 2 heterocycles. The van der Waals surface area contributed by atoms with Crippen LogP contribution in [-0.4, -0.2) is 28.6 Å². The number of aromatic nitrogens is 2. The number of hydrogen-bond acceptors (Lipinski definition) is 4. The van der Waals surface area contributed by atoms with Crippen molar-refractivity contribution in [2.75, 3.05) is 13.2 Å². The molecule has 5 nitrogen and oxygen atoms in total. The zero-order valence-electron chi connectivity index (χ0n) is 20.1. The summed E-state index contributed by atoms with van der Waals surface area (Å²) in [5.41, 5.74) is 3.39. The van der Waals surface area contributed by atoms with Crippen molar-refractivity contribution in [3.05, 3.63) is 95.0 Å². The molecule has 0 bridgehead atoms. The molecule has 0 atom stereocenters. The minimum absolute atomic E-state index is 0.0242. The molecule has 4 rings (SSSR count).